The molecular weight excluding hydrogens is 292 g/mol. The Morgan fingerprint density at radius 1 is 1.39 bits per heavy atom. The molecule has 0 radical (unpaired) electrons. The molecule has 0 spiro atoms. The van der Waals surface area contributed by atoms with Gasteiger partial charge in [0.25, 0.3) is 5.91 Å². The summed E-state index contributed by atoms with van der Waals surface area (Å²) in [6.07, 6.45) is 5.23. The molecule has 0 fully saturated rings. The largest absolute Gasteiger partial charge is 0.330 e. The average molecular weight is 316 g/mol. The first-order valence-corrected chi connectivity index (χ1v) is 8.18. The molecule has 0 unspecified atom stereocenters. The van der Waals surface area contributed by atoms with Crippen molar-refractivity contribution in [1.29, 1.82) is 0 Å². The van der Waals surface area contributed by atoms with E-state index >= 15 is 0 Å². The summed E-state index contributed by atoms with van der Waals surface area (Å²) in [4.78, 5) is 23.3. The number of rotatable bonds is 4. The highest BCUT2D eigenvalue weighted by atomic mass is 16.2. The van der Waals surface area contributed by atoms with Gasteiger partial charge in [-0.1, -0.05) is 13.8 Å². The molecule has 7 nitrogen and oxygen atoms in total. The maximum absolute atomic E-state index is 12.7. The summed E-state index contributed by atoms with van der Waals surface area (Å²) in [6.45, 7) is 7.75. The van der Waals surface area contributed by atoms with Crippen LogP contribution in [0.2, 0.25) is 0 Å². The van der Waals surface area contributed by atoms with Gasteiger partial charge in [0.05, 0.1) is 25.1 Å². The molecular formula is C16H24N6O. The standard InChI is InChI=1S/C16H24N6O/c1-11(2)5-6-14-18-15-12(3)21(7-8-22(15)19-14)16(23)13-9-17-10-20(13)4/h9-12H,5-8H2,1-4H3/t12-/m1/s1. The molecule has 0 aromatic carbocycles. The Balaban J connectivity index is 1.79. The van der Waals surface area contributed by atoms with Crippen molar-refractivity contribution in [2.45, 2.75) is 46.2 Å². The van der Waals surface area contributed by atoms with Crippen molar-refractivity contribution >= 4 is 5.91 Å². The Labute approximate surface area is 136 Å². The third-order valence-corrected chi connectivity index (χ3v) is 4.38. The molecule has 2 aromatic heterocycles. The lowest BCUT2D eigenvalue weighted by Gasteiger charge is -2.32. The fourth-order valence-electron chi connectivity index (χ4n) is 2.92. The van der Waals surface area contributed by atoms with E-state index in [-0.39, 0.29) is 11.9 Å². The van der Waals surface area contributed by atoms with Crippen molar-refractivity contribution in [3.05, 3.63) is 29.9 Å². The second-order valence-electron chi connectivity index (χ2n) is 6.61. The van der Waals surface area contributed by atoms with E-state index in [4.69, 9.17) is 0 Å². The molecule has 1 aliphatic heterocycles. The van der Waals surface area contributed by atoms with Crippen molar-refractivity contribution < 1.29 is 4.79 Å². The molecule has 7 heteroatoms. The van der Waals surface area contributed by atoms with Crippen molar-refractivity contribution in [2.24, 2.45) is 13.0 Å². The van der Waals surface area contributed by atoms with E-state index in [1.165, 1.54) is 0 Å². The van der Waals surface area contributed by atoms with Crippen LogP contribution >= 0.6 is 0 Å². The molecule has 0 saturated heterocycles. The number of carbonyl (C=O) groups is 1. The smallest absolute Gasteiger partial charge is 0.272 e. The van der Waals surface area contributed by atoms with E-state index in [2.05, 4.69) is 28.9 Å². The highest BCUT2D eigenvalue weighted by molar-refractivity contribution is 5.92. The van der Waals surface area contributed by atoms with Gasteiger partial charge < -0.3 is 9.47 Å². The fraction of sp³-hybridized carbons (Fsp3) is 0.625. The normalized spacial score (nSPS) is 17.6. The second kappa shape index (κ2) is 6.14. The van der Waals surface area contributed by atoms with E-state index in [9.17, 15) is 4.79 Å². The molecule has 0 bridgehead atoms. The summed E-state index contributed by atoms with van der Waals surface area (Å²) in [7, 11) is 1.83. The summed E-state index contributed by atoms with van der Waals surface area (Å²) in [5, 5.41) is 4.60. The number of imidazole rings is 1. The van der Waals surface area contributed by atoms with Crippen LogP contribution in [0, 0.1) is 5.92 Å². The van der Waals surface area contributed by atoms with E-state index in [0.717, 1.165) is 24.5 Å². The van der Waals surface area contributed by atoms with Crippen LogP contribution in [0.1, 0.15) is 55.4 Å². The molecule has 1 amide bonds. The molecule has 1 atom stereocenters. The van der Waals surface area contributed by atoms with Crippen LogP contribution in [0.3, 0.4) is 0 Å². The molecule has 1 aliphatic rings. The van der Waals surface area contributed by atoms with Crippen molar-refractivity contribution in [1.82, 2.24) is 29.2 Å². The predicted octanol–water partition coefficient (Wildman–Crippen LogP) is 1.82. The lowest BCUT2D eigenvalue weighted by atomic mass is 10.1. The minimum atomic E-state index is -0.0774. The summed E-state index contributed by atoms with van der Waals surface area (Å²) in [6, 6.07) is -0.0774. The van der Waals surface area contributed by atoms with E-state index in [1.54, 1.807) is 17.1 Å². The number of carbonyl (C=O) groups excluding carboxylic acids is 1. The van der Waals surface area contributed by atoms with Crippen LogP contribution in [-0.4, -0.2) is 41.7 Å². The molecule has 3 rings (SSSR count). The zero-order chi connectivity index (χ0) is 16.6. The highest BCUT2D eigenvalue weighted by Crippen LogP contribution is 2.25. The number of fused-ring (bicyclic) bond motifs is 1. The Bertz CT molecular complexity index is 701. The van der Waals surface area contributed by atoms with Crippen LogP contribution in [0.5, 0.6) is 0 Å². The molecule has 0 N–H and O–H groups in total. The minimum Gasteiger partial charge on any atom is -0.330 e. The van der Waals surface area contributed by atoms with Gasteiger partial charge in [-0.15, -0.1) is 0 Å². The SMILES string of the molecule is CC(C)CCc1nc2n(n1)CCN(C(=O)c1cncn1C)[C@@H]2C. The minimum absolute atomic E-state index is 0.00418. The number of aromatic nitrogens is 5. The number of hydrogen-bond acceptors (Lipinski definition) is 4. The zero-order valence-corrected chi connectivity index (χ0v) is 14.2. The van der Waals surface area contributed by atoms with Gasteiger partial charge in [-0.05, 0) is 19.3 Å². The van der Waals surface area contributed by atoms with Crippen LogP contribution in [0.15, 0.2) is 12.5 Å². The quantitative estimate of drug-likeness (QED) is 0.863. The number of aryl methyl sites for hydroxylation is 2. The van der Waals surface area contributed by atoms with Gasteiger partial charge in [0.1, 0.15) is 11.5 Å². The van der Waals surface area contributed by atoms with Gasteiger partial charge in [-0.3, -0.25) is 4.79 Å². The summed E-state index contributed by atoms with van der Waals surface area (Å²) >= 11 is 0. The summed E-state index contributed by atoms with van der Waals surface area (Å²) in [5.74, 6) is 2.40. The van der Waals surface area contributed by atoms with Crippen LogP contribution in [-0.2, 0) is 20.0 Å². The summed E-state index contributed by atoms with van der Waals surface area (Å²) in [5.41, 5.74) is 0.602. The van der Waals surface area contributed by atoms with Crippen molar-refractivity contribution in [3.63, 3.8) is 0 Å². The fourth-order valence-corrected chi connectivity index (χ4v) is 2.92. The molecule has 2 aromatic rings. The lowest BCUT2D eigenvalue weighted by Crippen LogP contribution is -2.42. The highest BCUT2D eigenvalue weighted by Gasteiger charge is 2.32. The maximum atomic E-state index is 12.7. The van der Waals surface area contributed by atoms with Crippen LogP contribution in [0.25, 0.3) is 0 Å². The Morgan fingerprint density at radius 3 is 2.83 bits per heavy atom. The first kappa shape index (κ1) is 15.7. The van der Waals surface area contributed by atoms with Gasteiger partial charge in [0, 0.05) is 20.0 Å². The molecule has 23 heavy (non-hydrogen) atoms. The first-order chi connectivity index (χ1) is 11.0. The van der Waals surface area contributed by atoms with Gasteiger partial charge in [0.2, 0.25) is 0 Å². The molecule has 124 valence electrons. The number of amides is 1. The third-order valence-electron chi connectivity index (χ3n) is 4.38. The van der Waals surface area contributed by atoms with E-state index in [0.29, 0.717) is 24.7 Å². The number of hydrogen-bond donors (Lipinski definition) is 0. The lowest BCUT2D eigenvalue weighted by molar-refractivity contribution is 0.0621. The predicted molar refractivity (Wildman–Crippen MR) is 85.8 cm³/mol. The zero-order valence-electron chi connectivity index (χ0n) is 14.2. The number of nitrogens with zero attached hydrogens (tertiary/aromatic N) is 6. The third kappa shape index (κ3) is 3.00. The second-order valence-corrected chi connectivity index (χ2v) is 6.61. The van der Waals surface area contributed by atoms with Crippen molar-refractivity contribution in [3.8, 4) is 0 Å². The van der Waals surface area contributed by atoms with Gasteiger partial charge >= 0.3 is 0 Å². The van der Waals surface area contributed by atoms with E-state index < -0.39 is 0 Å². The van der Waals surface area contributed by atoms with Crippen molar-refractivity contribution in [2.75, 3.05) is 6.54 Å². The topological polar surface area (TPSA) is 68.8 Å². The van der Waals surface area contributed by atoms with E-state index in [1.807, 2.05) is 23.6 Å². The monoisotopic (exact) mass is 316 g/mol. The van der Waals surface area contributed by atoms with Crippen LogP contribution < -0.4 is 0 Å². The van der Waals surface area contributed by atoms with Gasteiger partial charge in [-0.25, -0.2) is 14.6 Å². The van der Waals surface area contributed by atoms with Crippen LogP contribution in [0.4, 0.5) is 0 Å². The Hall–Kier alpha value is -2.18. The maximum Gasteiger partial charge on any atom is 0.272 e. The molecule has 3 heterocycles. The Kier molecular flexibility index (Phi) is 4.19. The first-order valence-electron chi connectivity index (χ1n) is 8.18. The molecule has 0 aliphatic carbocycles. The average Bonchev–Trinajstić information content (AvgIpc) is 3.11. The summed E-state index contributed by atoms with van der Waals surface area (Å²) < 4.78 is 3.70. The van der Waals surface area contributed by atoms with Gasteiger partial charge in [-0.2, -0.15) is 5.10 Å². The Morgan fingerprint density at radius 2 is 2.17 bits per heavy atom. The molecule has 0 saturated carbocycles. The van der Waals surface area contributed by atoms with Gasteiger partial charge in [0.15, 0.2) is 5.82 Å².